The van der Waals surface area contributed by atoms with E-state index in [9.17, 15) is 9.59 Å². The number of rotatable bonds is 6. The van der Waals surface area contributed by atoms with Crippen LogP contribution in [0.15, 0.2) is 0 Å². The summed E-state index contributed by atoms with van der Waals surface area (Å²) in [7, 11) is 3.48. The molecule has 1 saturated heterocycles. The number of amides is 2. The average Bonchev–Trinajstić information content (AvgIpc) is 3.14. The predicted octanol–water partition coefficient (Wildman–Crippen LogP) is 0.882. The maximum atomic E-state index is 12.4. The zero-order valence-electron chi connectivity index (χ0n) is 11.9. The van der Waals surface area contributed by atoms with Crippen molar-refractivity contribution in [1.29, 1.82) is 0 Å². The second-order valence-corrected chi connectivity index (χ2v) is 5.57. The third-order valence-corrected chi connectivity index (χ3v) is 3.97. The number of likely N-dealkylation sites (N-methyl/N-ethyl adjacent to an activating group) is 1. The van der Waals surface area contributed by atoms with Crippen LogP contribution in [0.1, 0.15) is 32.1 Å². The molecule has 0 spiro atoms. The maximum Gasteiger partial charge on any atom is 0.245 e. The summed E-state index contributed by atoms with van der Waals surface area (Å²) in [5.74, 6) is 0.482. The summed E-state index contributed by atoms with van der Waals surface area (Å²) in [4.78, 5) is 28.1. The van der Waals surface area contributed by atoms with Gasteiger partial charge in [-0.05, 0) is 32.1 Å². The van der Waals surface area contributed by atoms with E-state index in [0.29, 0.717) is 13.2 Å². The van der Waals surface area contributed by atoms with Crippen LogP contribution >= 0.6 is 0 Å². The van der Waals surface area contributed by atoms with Crippen LogP contribution in [0.25, 0.3) is 0 Å². The van der Waals surface area contributed by atoms with Crippen molar-refractivity contribution in [2.24, 2.45) is 5.92 Å². The molecule has 2 rings (SSSR count). The summed E-state index contributed by atoms with van der Waals surface area (Å²) in [6.07, 6.45) is 4.59. The van der Waals surface area contributed by atoms with Gasteiger partial charge in [-0.2, -0.15) is 0 Å². The summed E-state index contributed by atoms with van der Waals surface area (Å²) >= 11 is 0. The molecule has 5 nitrogen and oxygen atoms in total. The molecule has 2 fully saturated rings. The Morgan fingerprint density at radius 2 is 2.05 bits per heavy atom. The number of carbonyl (C=O) groups excluding carboxylic acids is 2. The van der Waals surface area contributed by atoms with Crippen LogP contribution in [-0.4, -0.2) is 61.5 Å². The first kappa shape index (κ1) is 14.3. The summed E-state index contributed by atoms with van der Waals surface area (Å²) in [6, 6.07) is -0.222. The SMILES string of the molecule is COCCCN(C)C(=O)C1CCCN1C(=O)C1CC1. The third-order valence-electron chi connectivity index (χ3n) is 3.97. The highest BCUT2D eigenvalue weighted by atomic mass is 16.5. The third kappa shape index (κ3) is 3.47. The van der Waals surface area contributed by atoms with Crippen molar-refractivity contribution in [2.75, 3.05) is 33.9 Å². The number of ether oxygens (including phenoxy) is 1. The molecular formula is C14H24N2O3. The molecular weight excluding hydrogens is 244 g/mol. The van der Waals surface area contributed by atoms with Gasteiger partial charge in [-0.15, -0.1) is 0 Å². The van der Waals surface area contributed by atoms with Gasteiger partial charge in [0.25, 0.3) is 0 Å². The number of methoxy groups -OCH3 is 1. The van der Waals surface area contributed by atoms with E-state index in [2.05, 4.69) is 0 Å². The Labute approximate surface area is 114 Å². The zero-order valence-corrected chi connectivity index (χ0v) is 11.9. The fourth-order valence-electron chi connectivity index (χ4n) is 2.66. The minimum atomic E-state index is -0.222. The number of hydrogen-bond donors (Lipinski definition) is 0. The van der Waals surface area contributed by atoms with Gasteiger partial charge < -0.3 is 14.5 Å². The fraction of sp³-hybridized carbons (Fsp3) is 0.857. The second-order valence-electron chi connectivity index (χ2n) is 5.57. The number of nitrogens with zero attached hydrogens (tertiary/aromatic N) is 2. The molecule has 1 unspecified atom stereocenters. The first-order valence-corrected chi connectivity index (χ1v) is 7.19. The van der Waals surface area contributed by atoms with E-state index in [-0.39, 0.29) is 23.8 Å². The normalized spacial score (nSPS) is 22.6. The molecule has 0 aromatic rings. The lowest BCUT2D eigenvalue weighted by Gasteiger charge is -2.28. The standard InChI is InChI=1S/C14H24N2O3/c1-15(8-4-10-19-2)14(18)12-5-3-9-16(12)13(17)11-6-7-11/h11-12H,3-10H2,1-2H3. The van der Waals surface area contributed by atoms with Crippen LogP contribution < -0.4 is 0 Å². The summed E-state index contributed by atoms with van der Waals surface area (Å²) < 4.78 is 4.99. The van der Waals surface area contributed by atoms with Crippen molar-refractivity contribution in [3.05, 3.63) is 0 Å². The molecule has 0 aromatic heterocycles. The van der Waals surface area contributed by atoms with Gasteiger partial charge in [0.1, 0.15) is 6.04 Å². The largest absolute Gasteiger partial charge is 0.385 e. The summed E-state index contributed by atoms with van der Waals surface area (Å²) in [5.41, 5.74) is 0. The van der Waals surface area contributed by atoms with E-state index in [0.717, 1.165) is 38.6 Å². The Balaban J connectivity index is 1.87. The molecule has 1 aliphatic heterocycles. The first-order valence-electron chi connectivity index (χ1n) is 7.19. The summed E-state index contributed by atoms with van der Waals surface area (Å²) in [6.45, 7) is 2.10. The quantitative estimate of drug-likeness (QED) is 0.672. The lowest BCUT2D eigenvalue weighted by atomic mass is 10.2. The second kappa shape index (κ2) is 6.37. The van der Waals surface area contributed by atoms with Crippen molar-refractivity contribution in [1.82, 2.24) is 9.80 Å². The Kier molecular flexibility index (Phi) is 4.80. The molecule has 1 atom stereocenters. The zero-order chi connectivity index (χ0) is 13.8. The number of likely N-dealkylation sites (tertiary alicyclic amines) is 1. The van der Waals surface area contributed by atoms with E-state index >= 15 is 0 Å². The molecule has 0 bridgehead atoms. The van der Waals surface area contributed by atoms with Crippen LogP contribution in [0.3, 0.4) is 0 Å². The lowest BCUT2D eigenvalue weighted by molar-refractivity contribution is -0.143. The number of hydrogen-bond acceptors (Lipinski definition) is 3. The minimum Gasteiger partial charge on any atom is -0.385 e. The van der Waals surface area contributed by atoms with Crippen molar-refractivity contribution in [3.63, 3.8) is 0 Å². The van der Waals surface area contributed by atoms with Gasteiger partial charge in [0.05, 0.1) is 0 Å². The molecule has 0 aromatic carbocycles. The monoisotopic (exact) mass is 268 g/mol. The van der Waals surface area contributed by atoms with Crippen LogP contribution in [0.2, 0.25) is 0 Å². The first-order chi connectivity index (χ1) is 9.15. The lowest BCUT2D eigenvalue weighted by Crippen LogP contribution is -2.47. The van der Waals surface area contributed by atoms with Crippen LogP contribution in [0.4, 0.5) is 0 Å². The van der Waals surface area contributed by atoms with Gasteiger partial charge in [-0.3, -0.25) is 9.59 Å². The van der Waals surface area contributed by atoms with Crippen molar-refractivity contribution < 1.29 is 14.3 Å². The highest BCUT2D eigenvalue weighted by molar-refractivity contribution is 5.89. The molecule has 0 radical (unpaired) electrons. The molecule has 5 heteroatoms. The fourth-order valence-corrected chi connectivity index (χ4v) is 2.66. The van der Waals surface area contributed by atoms with Crippen molar-refractivity contribution in [2.45, 2.75) is 38.1 Å². The van der Waals surface area contributed by atoms with Gasteiger partial charge >= 0.3 is 0 Å². The highest BCUT2D eigenvalue weighted by Gasteiger charge is 2.41. The molecule has 1 saturated carbocycles. The van der Waals surface area contributed by atoms with Crippen LogP contribution in [0.5, 0.6) is 0 Å². The molecule has 2 aliphatic rings. The van der Waals surface area contributed by atoms with Crippen molar-refractivity contribution >= 4 is 11.8 Å². The topological polar surface area (TPSA) is 49.9 Å². The minimum absolute atomic E-state index is 0.0857. The van der Waals surface area contributed by atoms with Gasteiger partial charge in [0.2, 0.25) is 11.8 Å². The van der Waals surface area contributed by atoms with Gasteiger partial charge in [0, 0.05) is 39.8 Å². The average molecular weight is 268 g/mol. The van der Waals surface area contributed by atoms with E-state index in [4.69, 9.17) is 4.74 Å². The predicted molar refractivity (Wildman–Crippen MR) is 71.6 cm³/mol. The van der Waals surface area contributed by atoms with Crippen molar-refractivity contribution in [3.8, 4) is 0 Å². The Bertz CT molecular complexity index is 342. The smallest absolute Gasteiger partial charge is 0.245 e. The van der Waals surface area contributed by atoms with Crippen LogP contribution in [0, 0.1) is 5.92 Å². The van der Waals surface area contributed by atoms with E-state index in [1.165, 1.54) is 0 Å². The highest BCUT2D eigenvalue weighted by Crippen LogP contribution is 2.33. The molecule has 0 N–H and O–H groups in total. The van der Waals surface area contributed by atoms with Crippen LogP contribution in [-0.2, 0) is 14.3 Å². The number of carbonyl (C=O) groups is 2. The van der Waals surface area contributed by atoms with Gasteiger partial charge in [-0.1, -0.05) is 0 Å². The Hall–Kier alpha value is -1.10. The molecule has 2 amide bonds. The Morgan fingerprint density at radius 3 is 2.68 bits per heavy atom. The van der Waals surface area contributed by atoms with E-state index in [1.807, 2.05) is 11.9 Å². The molecule has 1 heterocycles. The molecule has 108 valence electrons. The van der Waals surface area contributed by atoms with E-state index in [1.54, 1.807) is 12.0 Å². The Morgan fingerprint density at radius 1 is 1.32 bits per heavy atom. The molecule has 1 aliphatic carbocycles. The summed E-state index contributed by atoms with van der Waals surface area (Å²) in [5, 5.41) is 0. The van der Waals surface area contributed by atoms with E-state index < -0.39 is 0 Å². The van der Waals surface area contributed by atoms with Gasteiger partial charge in [-0.25, -0.2) is 0 Å². The molecule has 19 heavy (non-hydrogen) atoms. The van der Waals surface area contributed by atoms with Gasteiger partial charge in [0.15, 0.2) is 0 Å². The maximum absolute atomic E-state index is 12.4.